The second-order valence-corrected chi connectivity index (χ2v) is 5.88. The summed E-state index contributed by atoms with van der Waals surface area (Å²) in [4.78, 5) is 21.2. The second-order valence-electron chi connectivity index (χ2n) is 4.99. The molecule has 1 aromatic carbocycles. The van der Waals surface area contributed by atoms with Crippen molar-refractivity contribution in [1.82, 2.24) is 9.97 Å². The monoisotopic (exact) mass is 323 g/mol. The number of pyridine rings is 1. The van der Waals surface area contributed by atoms with Crippen molar-refractivity contribution in [2.24, 2.45) is 0 Å². The van der Waals surface area contributed by atoms with E-state index in [2.05, 4.69) is 9.97 Å². The number of benzene rings is 1. The summed E-state index contributed by atoms with van der Waals surface area (Å²) in [6.07, 6.45) is 0. The highest BCUT2D eigenvalue weighted by Gasteiger charge is 2.26. The van der Waals surface area contributed by atoms with Gasteiger partial charge in [0.1, 0.15) is 10.7 Å². The van der Waals surface area contributed by atoms with Crippen molar-refractivity contribution in [3.63, 3.8) is 0 Å². The zero-order valence-electron chi connectivity index (χ0n) is 12.6. The number of carbonyl (C=O) groups is 1. The summed E-state index contributed by atoms with van der Waals surface area (Å²) in [6.45, 7) is 1.83. The van der Waals surface area contributed by atoms with Crippen LogP contribution >= 0.6 is 11.3 Å². The summed E-state index contributed by atoms with van der Waals surface area (Å²) in [5, 5.41) is 13.4. The van der Waals surface area contributed by atoms with E-state index < -0.39 is 5.92 Å². The number of ether oxygens (including phenoxy) is 1. The van der Waals surface area contributed by atoms with Gasteiger partial charge in [-0.3, -0.25) is 4.79 Å². The van der Waals surface area contributed by atoms with Crippen molar-refractivity contribution in [3.05, 3.63) is 52.1 Å². The van der Waals surface area contributed by atoms with Crippen molar-refractivity contribution in [2.45, 2.75) is 12.8 Å². The van der Waals surface area contributed by atoms with Gasteiger partial charge in [0.05, 0.1) is 13.2 Å². The first-order valence-corrected chi connectivity index (χ1v) is 7.81. The summed E-state index contributed by atoms with van der Waals surface area (Å²) >= 11 is 1.31. The van der Waals surface area contributed by atoms with Crippen LogP contribution in [0.25, 0.3) is 10.8 Å². The highest BCUT2D eigenvalue weighted by molar-refractivity contribution is 7.10. The molecule has 0 fully saturated rings. The molecule has 1 atom stereocenters. The van der Waals surface area contributed by atoms with E-state index in [-0.39, 0.29) is 11.5 Å². The van der Waals surface area contributed by atoms with Crippen LogP contribution in [0.2, 0.25) is 0 Å². The van der Waals surface area contributed by atoms with E-state index in [1.165, 1.54) is 18.4 Å². The molecule has 0 saturated carbocycles. The first kappa shape index (κ1) is 15.1. The fraction of sp³-hybridized carbons (Fsp3) is 0.176. The fourth-order valence-corrected chi connectivity index (χ4v) is 3.16. The Kier molecular flexibility index (Phi) is 4.04. The fourth-order valence-electron chi connectivity index (χ4n) is 2.33. The molecule has 0 aliphatic heterocycles. The normalized spacial score (nSPS) is 11.9. The van der Waals surface area contributed by atoms with Crippen LogP contribution in [0.1, 0.15) is 27.1 Å². The molecule has 0 amide bonds. The molecule has 2 heterocycles. The van der Waals surface area contributed by atoms with Gasteiger partial charge in [-0.05, 0) is 24.4 Å². The van der Waals surface area contributed by atoms with Crippen LogP contribution in [0.4, 0.5) is 0 Å². The van der Waals surface area contributed by atoms with Crippen molar-refractivity contribution >= 4 is 27.9 Å². The lowest BCUT2D eigenvalue weighted by Crippen LogP contribution is -2.13. The number of hydrogen-bond donors (Lipinski definition) is 0. The SMILES string of the molecule is COc1nc(C(=O)[C@@H](C#N)c2nc(C)cs2)cc2ccccc12. The van der Waals surface area contributed by atoms with Crippen molar-refractivity contribution < 1.29 is 9.53 Å². The van der Waals surface area contributed by atoms with Gasteiger partial charge < -0.3 is 4.74 Å². The van der Waals surface area contributed by atoms with Crippen LogP contribution in [0.15, 0.2) is 35.7 Å². The highest BCUT2D eigenvalue weighted by atomic mass is 32.1. The molecular weight excluding hydrogens is 310 g/mol. The maximum Gasteiger partial charge on any atom is 0.221 e. The zero-order valence-corrected chi connectivity index (χ0v) is 13.4. The first-order chi connectivity index (χ1) is 11.1. The molecule has 0 saturated heterocycles. The van der Waals surface area contributed by atoms with Gasteiger partial charge in [0.2, 0.25) is 11.7 Å². The van der Waals surface area contributed by atoms with Crippen molar-refractivity contribution in [3.8, 4) is 11.9 Å². The molecule has 3 rings (SSSR count). The van der Waals surface area contributed by atoms with E-state index in [0.29, 0.717) is 10.9 Å². The van der Waals surface area contributed by atoms with E-state index >= 15 is 0 Å². The van der Waals surface area contributed by atoms with Crippen LogP contribution in [0, 0.1) is 18.3 Å². The quantitative estimate of drug-likeness (QED) is 0.687. The Morgan fingerprint density at radius 1 is 1.35 bits per heavy atom. The smallest absolute Gasteiger partial charge is 0.221 e. The molecule has 0 bridgehead atoms. The molecule has 0 unspecified atom stereocenters. The Hall–Kier alpha value is -2.78. The average Bonchev–Trinajstić information content (AvgIpc) is 3.00. The largest absolute Gasteiger partial charge is 0.481 e. The topological polar surface area (TPSA) is 75.9 Å². The molecule has 0 aliphatic carbocycles. The summed E-state index contributed by atoms with van der Waals surface area (Å²) in [6, 6.07) is 11.2. The molecule has 0 N–H and O–H groups in total. The maximum absolute atomic E-state index is 12.7. The number of carbonyl (C=O) groups excluding carboxylic acids is 1. The zero-order chi connectivity index (χ0) is 16.4. The minimum Gasteiger partial charge on any atom is -0.481 e. The van der Waals surface area contributed by atoms with Gasteiger partial charge in [-0.15, -0.1) is 11.3 Å². The second kappa shape index (κ2) is 6.15. The number of ketones is 1. The number of nitriles is 1. The minimum absolute atomic E-state index is 0.208. The van der Waals surface area contributed by atoms with Crippen LogP contribution in [-0.4, -0.2) is 22.9 Å². The third-order valence-corrected chi connectivity index (χ3v) is 4.45. The lowest BCUT2D eigenvalue weighted by molar-refractivity contribution is 0.0973. The number of rotatable bonds is 4. The Morgan fingerprint density at radius 3 is 2.78 bits per heavy atom. The first-order valence-electron chi connectivity index (χ1n) is 6.93. The number of thiazole rings is 1. The minimum atomic E-state index is -0.952. The van der Waals surface area contributed by atoms with Gasteiger partial charge in [0.25, 0.3) is 0 Å². The Balaban J connectivity index is 2.08. The Bertz CT molecular complexity index is 927. The summed E-state index contributed by atoms with van der Waals surface area (Å²) in [5.41, 5.74) is 1.00. The summed E-state index contributed by atoms with van der Waals surface area (Å²) < 4.78 is 5.28. The van der Waals surface area contributed by atoms with Gasteiger partial charge >= 0.3 is 0 Å². The molecule has 6 heteroatoms. The van der Waals surface area contributed by atoms with E-state index in [0.717, 1.165) is 16.5 Å². The predicted octanol–water partition coefficient (Wildman–Crippen LogP) is 3.50. The van der Waals surface area contributed by atoms with Gasteiger partial charge in [-0.1, -0.05) is 18.2 Å². The summed E-state index contributed by atoms with van der Waals surface area (Å²) in [5.74, 6) is -0.948. The van der Waals surface area contributed by atoms with Gasteiger partial charge in [0.15, 0.2) is 5.92 Å². The molecule has 3 aromatic rings. The number of nitrogens with zero attached hydrogens (tertiary/aromatic N) is 3. The lowest BCUT2D eigenvalue weighted by Gasteiger charge is -2.09. The number of methoxy groups -OCH3 is 1. The Labute approximate surface area is 137 Å². The number of fused-ring (bicyclic) bond motifs is 1. The third-order valence-electron chi connectivity index (χ3n) is 3.43. The van der Waals surface area contributed by atoms with Gasteiger partial charge in [0, 0.05) is 16.5 Å². The van der Waals surface area contributed by atoms with Crippen LogP contribution in [0.5, 0.6) is 5.88 Å². The number of aromatic nitrogens is 2. The van der Waals surface area contributed by atoms with Crippen LogP contribution in [-0.2, 0) is 0 Å². The molecule has 0 radical (unpaired) electrons. The maximum atomic E-state index is 12.7. The molecule has 5 nitrogen and oxygen atoms in total. The average molecular weight is 323 g/mol. The predicted molar refractivity (Wildman–Crippen MR) is 87.8 cm³/mol. The molecule has 23 heavy (non-hydrogen) atoms. The highest BCUT2D eigenvalue weighted by Crippen LogP contribution is 2.28. The molecule has 0 aliphatic rings. The summed E-state index contributed by atoms with van der Waals surface area (Å²) in [7, 11) is 1.51. The molecule has 0 spiro atoms. The van der Waals surface area contributed by atoms with Crippen molar-refractivity contribution in [2.75, 3.05) is 7.11 Å². The lowest BCUT2D eigenvalue weighted by atomic mass is 10.0. The van der Waals surface area contributed by atoms with E-state index in [1.54, 1.807) is 6.07 Å². The Morgan fingerprint density at radius 2 is 2.13 bits per heavy atom. The standard InChI is InChI=1S/C17H13N3O2S/c1-10-9-23-17(19-10)13(8-18)15(21)14-7-11-5-3-4-6-12(11)16(20-14)22-2/h3-7,9,13H,1-2H3/t13-/m1/s1. The van der Waals surface area contributed by atoms with Crippen molar-refractivity contribution in [1.29, 1.82) is 5.26 Å². The third kappa shape index (κ3) is 2.79. The van der Waals surface area contributed by atoms with Gasteiger partial charge in [-0.2, -0.15) is 5.26 Å². The van der Waals surface area contributed by atoms with E-state index in [1.807, 2.05) is 42.6 Å². The van der Waals surface area contributed by atoms with Gasteiger partial charge in [-0.25, -0.2) is 9.97 Å². The van der Waals surface area contributed by atoms with Crippen LogP contribution in [0.3, 0.4) is 0 Å². The number of hydrogen-bond acceptors (Lipinski definition) is 6. The van der Waals surface area contributed by atoms with Crippen LogP contribution < -0.4 is 4.74 Å². The van der Waals surface area contributed by atoms with E-state index in [4.69, 9.17) is 4.74 Å². The van der Waals surface area contributed by atoms with E-state index in [9.17, 15) is 10.1 Å². The number of Topliss-reactive ketones (excluding diaryl/α,β-unsaturated/α-hetero) is 1. The molecular formula is C17H13N3O2S. The number of aryl methyl sites for hydroxylation is 1. The molecule has 114 valence electrons. The molecule has 2 aromatic heterocycles.